The van der Waals surface area contributed by atoms with Gasteiger partial charge in [-0.25, -0.2) is 4.39 Å². The maximum absolute atomic E-state index is 12.9. The normalized spacial score (nSPS) is 11.4. The molecule has 2 rings (SSSR count). The minimum atomic E-state index is -1.04. The molecule has 130 valence electrons. The van der Waals surface area contributed by atoms with Gasteiger partial charge in [-0.1, -0.05) is 0 Å². The summed E-state index contributed by atoms with van der Waals surface area (Å²) in [6, 6.07) is 5.62. The van der Waals surface area contributed by atoms with Crippen molar-refractivity contribution in [3.05, 3.63) is 47.0 Å². The van der Waals surface area contributed by atoms with Crippen molar-refractivity contribution in [1.29, 1.82) is 0 Å². The second-order valence-electron chi connectivity index (χ2n) is 6.35. The highest BCUT2D eigenvalue weighted by Crippen LogP contribution is 2.19. The molecular formula is C18H24FN3O2. The summed E-state index contributed by atoms with van der Waals surface area (Å²) in [4.78, 5) is 12.4. The number of amides is 1. The second kappa shape index (κ2) is 7.03. The number of ether oxygens (including phenoxy) is 1. The number of aromatic nitrogens is 2. The number of nitrogens with one attached hydrogen (secondary N) is 1. The Hall–Kier alpha value is -2.37. The summed E-state index contributed by atoms with van der Waals surface area (Å²) < 4.78 is 20.5. The van der Waals surface area contributed by atoms with Crippen LogP contribution in [0.15, 0.2) is 24.3 Å². The van der Waals surface area contributed by atoms with E-state index in [0.29, 0.717) is 18.7 Å². The zero-order chi connectivity index (χ0) is 17.9. The van der Waals surface area contributed by atoms with Crippen LogP contribution in [0.2, 0.25) is 0 Å². The van der Waals surface area contributed by atoms with E-state index in [-0.39, 0.29) is 11.7 Å². The summed E-state index contributed by atoms with van der Waals surface area (Å²) in [5.74, 6) is -0.103. The molecule has 0 aliphatic carbocycles. The van der Waals surface area contributed by atoms with Gasteiger partial charge in [0.2, 0.25) is 0 Å². The van der Waals surface area contributed by atoms with E-state index in [4.69, 9.17) is 4.74 Å². The Morgan fingerprint density at radius 2 is 1.92 bits per heavy atom. The van der Waals surface area contributed by atoms with Crippen LogP contribution < -0.4 is 10.1 Å². The molecule has 6 heteroatoms. The van der Waals surface area contributed by atoms with E-state index < -0.39 is 5.60 Å². The van der Waals surface area contributed by atoms with Crippen LogP contribution in [-0.4, -0.2) is 27.8 Å². The van der Waals surface area contributed by atoms with Gasteiger partial charge in [0.1, 0.15) is 11.6 Å². The minimum Gasteiger partial charge on any atom is -0.478 e. The largest absolute Gasteiger partial charge is 0.478 e. The van der Waals surface area contributed by atoms with Gasteiger partial charge in [0, 0.05) is 19.3 Å². The van der Waals surface area contributed by atoms with E-state index in [9.17, 15) is 9.18 Å². The average molecular weight is 333 g/mol. The number of nitrogens with zero attached hydrogens (tertiary/aromatic N) is 2. The number of benzene rings is 1. The van der Waals surface area contributed by atoms with Crippen molar-refractivity contribution >= 4 is 5.91 Å². The summed E-state index contributed by atoms with van der Waals surface area (Å²) in [5, 5.41) is 7.26. The highest BCUT2D eigenvalue weighted by Gasteiger charge is 2.29. The topological polar surface area (TPSA) is 56.2 Å². The lowest BCUT2D eigenvalue weighted by molar-refractivity contribution is -0.134. The molecule has 1 N–H and O–H groups in total. The van der Waals surface area contributed by atoms with E-state index in [1.807, 2.05) is 25.6 Å². The third-order valence-corrected chi connectivity index (χ3v) is 4.05. The van der Waals surface area contributed by atoms with Gasteiger partial charge in [-0.3, -0.25) is 9.48 Å². The molecule has 0 saturated heterocycles. The molecule has 5 nitrogen and oxygen atoms in total. The molecule has 24 heavy (non-hydrogen) atoms. The fourth-order valence-corrected chi connectivity index (χ4v) is 2.54. The first-order valence-corrected chi connectivity index (χ1v) is 7.92. The van der Waals surface area contributed by atoms with Crippen LogP contribution in [-0.2, 0) is 18.3 Å². The fraction of sp³-hybridized carbons (Fsp3) is 0.444. The third kappa shape index (κ3) is 4.13. The number of halogens is 1. The van der Waals surface area contributed by atoms with Gasteiger partial charge < -0.3 is 10.1 Å². The number of carbonyl (C=O) groups excluding carboxylic acids is 1. The van der Waals surface area contributed by atoms with Gasteiger partial charge in [-0.05, 0) is 63.9 Å². The first-order chi connectivity index (χ1) is 11.2. The fourth-order valence-electron chi connectivity index (χ4n) is 2.54. The minimum absolute atomic E-state index is 0.217. The molecule has 0 atom stereocenters. The number of hydrogen-bond donors (Lipinski definition) is 1. The van der Waals surface area contributed by atoms with Gasteiger partial charge in [-0.15, -0.1) is 0 Å². The molecule has 1 aromatic heterocycles. The van der Waals surface area contributed by atoms with Crippen molar-refractivity contribution in [2.24, 2.45) is 7.05 Å². The Morgan fingerprint density at radius 3 is 2.46 bits per heavy atom. The maximum atomic E-state index is 12.9. The Labute approximate surface area is 141 Å². The molecule has 0 bridgehead atoms. The third-order valence-electron chi connectivity index (χ3n) is 4.05. The quantitative estimate of drug-likeness (QED) is 0.884. The number of hydrogen-bond acceptors (Lipinski definition) is 3. The lowest BCUT2D eigenvalue weighted by Crippen LogP contribution is -2.47. The van der Waals surface area contributed by atoms with E-state index >= 15 is 0 Å². The van der Waals surface area contributed by atoms with E-state index in [0.717, 1.165) is 17.0 Å². The van der Waals surface area contributed by atoms with Crippen LogP contribution in [0.3, 0.4) is 0 Å². The molecule has 1 amide bonds. The zero-order valence-electron chi connectivity index (χ0n) is 14.8. The van der Waals surface area contributed by atoms with Gasteiger partial charge >= 0.3 is 0 Å². The monoisotopic (exact) mass is 333 g/mol. The molecule has 0 radical (unpaired) electrons. The Balaban J connectivity index is 1.92. The second-order valence-corrected chi connectivity index (χ2v) is 6.35. The molecule has 0 aliphatic heterocycles. The zero-order valence-corrected chi connectivity index (χ0v) is 14.8. The molecule has 1 aromatic carbocycles. The van der Waals surface area contributed by atoms with Crippen molar-refractivity contribution in [2.75, 3.05) is 6.54 Å². The van der Waals surface area contributed by atoms with Gasteiger partial charge in [0.15, 0.2) is 5.60 Å². The lowest BCUT2D eigenvalue weighted by atomic mass is 10.1. The smallest absolute Gasteiger partial charge is 0.263 e. The Morgan fingerprint density at radius 1 is 1.29 bits per heavy atom. The molecule has 1 heterocycles. The molecule has 0 saturated carbocycles. The molecule has 0 fully saturated rings. The predicted molar refractivity (Wildman–Crippen MR) is 90.5 cm³/mol. The molecule has 2 aromatic rings. The Bertz CT molecular complexity index is 721. The van der Waals surface area contributed by atoms with Crippen LogP contribution in [0.1, 0.15) is 30.8 Å². The highest BCUT2D eigenvalue weighted by molar-refractivity contribution is 5.84. The van der Waals surface area contributed by atoms with Crippen molar-refractivity contribution in [3.8, 4) is 5.75 Å². The van der Waals surface area contributed by atoms with Crippen LogP contribution in [0, 0.1) is 19.7 Å². The van der Waals surface area contributed by atoms with E-state index in [1.54, 1.807) is 13.8 Å². The lowest BCUT2D eigenvalue weighted by Gasteiger charge is -2.25. The van der Waals surface area contributed by atoms with Gasteiger partial charge in [-0.2, -0.15) is 5.10 Å². The summed E-state index contributed by atoms with van der Waals surface area (Å²) in [5.41, 5.74) is 2.18. The molecule has 0 spiro atoms. The van der Waals surface area contributed by atoms with Crippen LogP contribution in [0.25, 0.3) is 0 Å². The van der Waals surface area contributed by atoms with Crippen molar-refractivity contribution in [3.63, 3.8) is 0 Å². The maximum Gasteiger partial charge on any atom is 0.263 e. The summed E-state index contributed by atoms with van der Waals surface area (Å²) in [7, 11) is 1.91. The number of aryl methyl sites for hydroxylation is 2. The van der Waals surface area contributed by atoms with Gasteiger partial charge in [0.05, 0.1) is 5.69 Å². The van der Waals surface area contributed by atoms with Crippen LogP contribution >= 0.6 is 0 Å². The van der Waals surface area contributed by atoms with Crippen molar-refractivity contribution in [1.82, 2.24) is 15.1 Å². The standard InChI is InChI=1S/C18H24FN3O2/c1-12-16(13(2)22(5)21-12)10-11-20-17(23)18(3,4)24-15-8-6-14(19)7-9-15/h6-9H,10-11H2,1-5H3,(H,20,23). The van der Waals surface area contributed by atoms with Gasteiger partial charge in [0.25, 0.3) is 5.91 Å². The predicted octanol–water partition coefficient (Wildman–Crippen LogP) is 2.69. The molecular weight excluding hydrogens is 309 g/mol. The highest BCUT2D eigenvalue weighted by atomic mass is 19.1. The average Bonchev–Trinajstić information content (AvgIpc) is 2.75. The SMILES string of the molecule is Cc1nn(C)c(C)c1CCNC(=O)C(C)(C)Oc1ccc(F)cc1. The molecule has 0 unspecified atom stereocenters. The van der Waals surface area contributed by atoms with E-state index in [1.165, 1.54) is 24.3 Å². The van der Waals surface area contributed by atoms with Crippen molar-refractivity contribution in [2.45, 2.75) is 39.7 Å². The van der Waals surface area contributed by atoms with Crippen molar-refractivity contribution < 1.29 is 13.9 Å². The first kappa shape index (κ1) is 18.0. The Kier molecular flexibility index (Phi) is 5.26. The summed E-state index contributed by atoms with van der Waals surface area (Å²) in [6.07, 6.45) is 0.712. The molecule has 0 aliphatic rings. The number of carbonyl (C=O) groups is 1. The first-order valence-electron chi connectivity index (χ1n) is 7.92. The van der Waals surface area contributed by atoms with Crippen LogP contribution in [0.5, 0.6) is 5.75 Å². The van der Waals surface area contributed by atoms with E-state index in [2.05, 4.69) is 10.4 Å². The summed E-state index contributed by atoms with van der Waals surface area (Å²) >= 11 is 0. The number of rotatable bonds is 6. The van der Waals surface area contributed by atoms with Crippen LogP contribution in [0.4, 0.5) is 4.39 Å². The summed E-state index contributed by atoms with van der Waals surface area (Å²) in [6.45, 7) is 7.85.